The standard InChI is InChI=1S/C21H31N5O7S/c1-5-32-20(33-6-2)15-25-14-17(22-23-25)21(27)24-9-11-26(12-10-24)34(28,29)19-13-16(30-3)7-8-18(19)31-4/h7-8,13-14,20H,5-6,9-12,15H2,1-4H3. The zero-order valence-electron chi connectivity index (χ0n) is 19.8. The molecule has 188 valence electrons. The van der Waals surface area contributed by atoms with E-state index >= 15 is 0 Å². The molecule has 1 aliphatic heterocycles. The van der Waals surface area contributed by atoms with E-state index in [1.165, 1.54) is 35.5 Å². The van der Waals surface area contributed by atoms with E-state index in [0.29, 0.717) is 25.5 Å². The minimum atomic E-state index is -3.84. The third-order valence-electron chi connectivity index (χ3n) is 5.31. The van der Waals surface area contributed by atoms with Gasteiger partial charge in [-0.1, -0.05) is 5.21 Å². The normalized spacial score (nSPS) is 15.0. The summed E-state index contributed by atoms with van der Waals surface area (Å²) in [6.07, 6.45) is 1.06. The highest BCUT2D eigenvalue weighted by atomic mass is 32.2. The van der Waals surface area contributed by atoms with Crippen LogP contribution in [-0.2, 0) is 26.0 Å². The van der Waals surface area contributed by atoms with Crippen LogP contribution in [0.25, 0.3) is 0 Å². The number of aromatic nitrogens is 3. The Morgan fingerprint density at radius 1 is 1.06 bits per heavy atom. The van der Waals surface area contributed by atoms with Crippen molar-refractivity contribution in [3.8, 4) is 11.5 Å². The molecule has 2 aromatic rings. The molecule has 0 unspecified atom stereocenters. The first kappa shape index (κ1) is 25.9. The zero-order chi connectivity index (χ0) is 24.7. The molecule has 0 atom stereocenters. The van der Waals surface area contributed by atoms with Crippen LogP contribution >= 0.6 is 0 Å². The van der Waals surface area contributed by atoms with Crippen LogP contribution in [0.4, 0.5) is 0 Å². The molecule has 3 rings (SSSR count). The first-order chi connectivity index (χ1) is 16.3. The van der Waals surface area contributed by atoms with Crippen molar-refractivity contribution in [1.29, 1.82) is 0 Å². The molecule has 1 saturated heterocycles. The van der Waals surface area contributed by atoms with Crippen molar-refractivity contribution in [2.45, 2.75) is 31.6 Å². The maximum atomic E-state index is 13.2. The molecule has 1 aromatic carbocycles. The number of carbonyl (C=O) groups is 1. The maximum absolute atomic E-state index is 13.2. The summed E-state index contributed by atoms with van der Waals surface area (Å²) in [6, 6.07) is 4.62. The van der Waals surface area contributed by atoms with Crippen molar-refractivity contribution in [3.63, 3.8) is 0 Å². The average Bonchev–Trinajstić information content (AvgIpc) is 3.32. The summed E-state index contributed by atoms with van der Waals surface area (Å²) >= 11 is 0. The van der Waals surface area contributed by atoms with Gasteiger partial charge < -0.3 is 23.8 Å². The number of rotatable bonds is 11. The molecule has 1 fully saturated rings. The van der Waals surface area contributed by atoms with Gasteiger partial charge in [-0.3, -0.25) is 4.79 Å². The van der Waals surface area contributed by atoms with Crippen LogP contribution in [0.2, 0.25) is 0 Å². The topological polar surface area (TPSA) is 125 Å². The number of sulfonamides is 1. The van der Waals surface area contributed by atoms with E-state index in [9.17, 15) is 13.2 Å². The fourth-order valence-corrected chi connectivity index (χ4v) is 5.17. The number of amides is 1. The molecule has 34 heavy (non-hydrogen) atoms. The number of ether oxygens (including phenoxy) is 4. The third-order valence-corrected chi connectivity index (χ3v) is 7.23. The Labute approximate surface area is 199 Å². The van der Waals surface area contributed by atoms with Crippen LogP contribution in [0.1, 0.15) is 24.3 Å². The molecule has 0 saturated carbocycles. The van der Waals surface area contributed by atoms with Crippen LogP contribution in [0.3, 0.4) is 0 Å². The number of methoxy groups -OCH3 is 2. The Balaban J connectivity index is 1.65. The molecular formula is C21H31N5O7S. The molecule has 0 bridgehead atoms. The van der Waals surface area contributed by atoms with E-state index in [4.69, 9.17) is 18.9 Å². The molecule has 1 amide bonds. The van der Waals surface area contributed by atoms with E-state index in [0.717, 1.165) is 0 Å². The van der Waals surface area contributed by atoms with Gasteiger partial charge in [0.05, 0.1) is 27.0 Å². The molecule has 2 heterocycles. The zero-order valence-corrected chi connectivity index (χ0v) is 20.7. The lowest BCUT2D eigenvalue weighted by molar-refractivity contribution is -0.145. The Morgan fingerprint density at radius 3 is 2.32 bits per heavy atom. The smallest absolute Gasteiger partial charge is 0.276 e. The second kappa shape index (κ2) is 11.6. The van der Waals surface area contributed by atoms with Gasteiger partial charge in [0.25, 0.3) is 5.91 Å². The summed E-state index contributed by atoms with van der Waals surface area (Å²) in [5.74, 6) is 0.326. The SMILES string of the molecule is CCOC(Cn1cc(C(=O)N2CCN(S(=O)(=O)c3cc(OC)ccc3OC)CC2)nn1)OCC. The minimum absolute atomic E-state index is 0.0234. The largest absolute Gasteiger partial charge is 0.497 e. The number of nitrogens with zero attached hydrogens (tertiary/aromatic N) is 5. The molecule has 1 aromatic heterocycles. The average molecular weight is 498 g/mol. The highest BCUT2D eigenvalue weighted by Gasteiger charge is 2.33. The highest BCUT2D eigenvalue weighted by Crippen LogP contribution is 2.31. The quantitative estimate of drug-likeness (QED) is 0.415. The fourth-order valence-electron chi connectivity index (χ4n) is 3.58. The van der Waals surface area contributed by atoms with E-state index in [1.54, 1.807) is 17.0 Å². The highest BCUT2D eigenvalue weighted by molar-refractivity contribution is 7.89. The summed E-state index contributed by atoms with van der Waals surface area (Å²) < 4.78 is 50.7. The number of benzene rings is 1. The molecule has 13 heteroatoms. The van der Waals surface area contributed by atoms with Gasteiger partial charge in [-0.15, -0.1) is 5.10 Å². The monoisotopic (exact) mass is 497 g/mol. The molecule has 0 radical (unpaired) electrons. The third kappa shape index (κ3) is 5.84. The van der Waals surface area contributed by atoms with Crippen LogP contribution in [0.5, 0.6) is 11.5 Å². The van der Waals surface area contributed by atoms with Crippen LogP contribution < -0.4 is 9.47 Å². The lowest BCUT2D eigenvalue weighted by Crippen LogP contribution is -2.50. The number of hydrogen-bond acceptors (Lipinski definition) is 9. The predicted molar refractivity (Wildman–Crippen MR) is 121 cm³/mol. The van der Waals surface area contributed by atoms with Gasteiger partial charge in [-0.05, 0) is 26.0 Å². The summed E-state index contributed by atoms with van der Waals surface area (Å²) in [5.41, 5.74) is 0.178. The van der Waals surface area contributed by atoms with Gasteiger partial charge >= 0.3 is 0 Å². The van der Waals surface area contributed by atoms with Crippen LogP contribution in [0, 0.1) is 0 Å². The van der Waals surface area contributed by atoms with Crippen molar-refractivity contribution in [1.82, 2.24) is 24.2 Å². The Bertz CT molecular complexity index is 1060. The second-order valence-corrected chi connectivity index (χ2v) is 9.29. The summed E-state index contributed by atoms with van der Waals surface area (Å²) in [5, 5.41) is 7.96. The Morgan fingerprint density at radius 2 is 1.74 bits per heavy atom. The molecule has 0 aliphatic carbocycles. The fraction of sp³-hybridized carbons (Fsp3) is 0.571. The van der Waals surface area contributed by atoms with Gasteiger partial charge in [0.1, 0.15) is 16.4 Å². The van der Waals surface area contributed by atoms with Crippen LogP contribution in [-0.4, -0.2) is 98.4 Å². The van der Waals surface area contributed by atoms with Gasteiger partial charge in [-0.2, -0.15) is 4.31 Å². The summed E-state index contributed by atoms with van der Waals surface area (Å²) in [4.78, 5) is 14.5. The number of piperazine rings is 1. The molecule has 1 aliphatic rings. The number of carbonyl (C=O) groups excluding carboxylic acids is 1. The second-order valence-electron chi connectivity index (χ2n) is 7.38. The van der Waals surface area contributed by atoms with Crippen molar-refractivity contribution in [2.75, 3.05) is 53.6 Å². The molecule has 12 nitrogen and oxygen atoms in total. The van der Waals surface area contributed by atoms with Crippen molar-refractivity contribution >= 4 is 15.9 Å². The van der Waals surface area contributed by atoms with E-state index < -0.39 is 16.3 Å². The molecular weight excluding hydrogens is 466 g/mol. The molecule has 0 spiro atoms. The lowest BCUT2D eigenvalue weighted by Gasteiger charge is -2.33. The minimum Gasteiger partial charge on any atom is -0.497 e. The van der Waals surface area contributed by atoms with Gasteiger partial charge in [0.15, 0.2) is 12.0 Å². The van der Waals surface area contributed by atoms with Gasteiger partial charge in [-0.25, -0.2) is 13.1 Å². The maximum Gasteiger partial charge on any atom is 0.276 e. The van der Waals surface area contributed by atoms with E-state index in [-0.39, 0.29) is 48.4 Å². The van der Waals surface area contributed by atoms with Gasteiger partial charge in [0.2, 0.25) is 10.0 Å². The van der Waals surface area contributed by atoms with Crippen molar-refractivity contribution in [3.05, 3.63) is 30.1 Å². The number of hydrogen-bond donors (Lipinski definition) is 0. The Hall–Kier alpha value is -2.74. The van der Waals surface area contributed by atoms with Crippen LogP contribution in [0.15, 0.2) is 29.3 Å². The summed E-state index contributed by atoms with van der Waals surface area (Å²) in [6.45, 7) is 5.73. The van der Waals surface area contributed by atoms with E-state index in [1.807, 2.05) is 13.8 Å². The van der Waals surface area contributed by atoms with Gasteiger partial charge in [0, 0.05) is 45.5 Å². The predicted octanol–water partition coefficient (Wildman–Crippen LogP) is 0.841. The van der Waals surface area contributed by atoms with Crippen molar-refractivity contribution in [2.24, 2.45) is 0 Å². The first-order valence-electron chi connectivity index (χ1n) is 11.0. The summed E-state index contributed by atoms with van der Waals surface area (Å²) in [7, 11) is -0.964. The Kier molecular flexibility index (Phi) is 8.83. The van der Waals surface area contributed by atoms with E-state index in [2.05, 4.69) is 10.3 Å². The van der Waals surface area contributed by atoms with Crippen molar-refractivity contribution < 1.29 is 32.2 Å². The molecule has 0 N–H and O–H groups in total. The lowest BCUT2D eigenvalue weighted by atomic mass is 10.3. The first-order valence-corrected chi connectivity index (χ1v) is 12.4.